The Morgan fingerprint density at radius 3 is 1.78 bits per heavy atom. The van der Waals surface area contributed by atoms with E-state index in [1.807, 2.05) is 57.2 Å². The predicted molar refractivity (Wildman–Crippen MR) is 98.5 cm³/mol. The van der Waals surface area contributed by atoms with Gasteiger partial charge in [-0.2, -0.15) is 0 Å². The van der Waals surface area contributed by atoms with Gasteiger partial charge in [-0.1, -0.05) is 63.7 Å². The van der Waals surface area contributed by atoms with Gasteiger partial charge in [-0.05, 0) is 24.3 Å². The predicted octanol–water partition coefficient (Wildman–Crippen LogP) is 3.38. The Bertz CT molecular complexity index is 630. The minimum absolute atomic E-state index is 0.336. The Hall–Kier alpha value is -2.05. The van der Waals surface area contributed by atoms with Crippen molar-refractivity contribution < 1.29 is 9.84 Å². The lowest BCUT2D eigenvalue weighted by Gasteiger charge is -2.30. The highest BCUT2D eigenvalue weighted by Gasteiger charge is 2.25. The van der Waals surface area contributed by atoms with E-state index in [9.17, 15) is 5.11 Å². The van der Waals surface area contributed by atoms with Crippen LogP contribution in [0.5, 0.6) is 0 Å². The smallest absolute Gasteiger partial charge is 0.102 e. The molecule has 23 heavy (non-hydrogen) atoms. The molecule has 0 spiro atoms. The normalized spacial score (nSPS) is 12.3. The number of benzene rings is 2. The molecular weight excluding hydrogens is 303 g/mol. The molecule has 0 unspecified atom stereocenters. The first-order valence-electron chi connectivity index (χ1n) is 7.61. The summed E-state index contributed by atoms with van der Waals surface area (Å²) in [4.78, 5) is 0. The maximum Gasteiger partial charge on any atom is 0.102 e. The first-order chi connectivity index (χ1) is 10.9. The second kappa shape index (κ2) is 7.48. The van der Waals surface area contributed by atoms with Crippen molar-refractivity contribution in [2.24, 2.45) is 0 Å². The molecule has 2 rings (SSSR count). The number of hydrogen-bond acceptors (Lipinski definition) is 2. The minimum atomic E-state index is -1.28. The summed E-state index contributed by atoms with van der Waals surface area (Å²) in [6, 6.07) is 20.4. The van der Waals surface area contributed by atoms with Gasteiger partial charge in [0.15, 0.2) is 0 Å². The third kappa shape index (κ3) is 5.26. The van der Waals surface area contributed by atoms with Crippen LogP contribution in [0.25, 0.3) is 0 Å². The van der Waals surface area contributed by atoms with Crippen LogP contribution < -0.4 is 15.7 Å². The second-order valence-electron chi connectivity index (χ2n) is 6.31. The summed E-state index contributed by atoms with van der Waals surface area (Å²) in [6.45, 7) is 9.76. The van der Waals surface area contributed by atoms with Gasteiger partial charge >= 0.3 is 0 Å². The number of allylic oxidation sites excluding steroid dienone is 2. The van der Waals surface area contributed by atoms with Gasteiger partial charge in [0.1, 0.15) is 10.6 Å². The summed E-state index contributed by atoms with van der Waals surface area (Å²) in [5.41, 5.74) is -0.500. The Morgan fingerprint density at radius 1 is 0.957 bits per heavy atom. The van der Waals surface area contributed by atoms with Crippen LogP contribution >= 0.6 is 7.92 Å². The Morgan fingerprint density at radius 2 is 1.39 bits per heavy atom. The number of ether oxygens (including phenoxy) is 1. The molecule has 0 bridgehead atoms. The zero-order valence-electron chi connectivity index (χ0n) is 13.9. The van der Waals surface area contributed by atoms with Gasteiger partial charge in [-0.25, -0.2) is 0 Å². The van der Waals surface area contributed by atoms with E-state index in [1.54, 1.807) is 6.08 Å². The van der Waals surface area contributed by atoms with E-state index in [0.29, 0.717) is 0 Å². The van der Waals surface area contributed by atoms with Crippen LogP contribution in [0.15, 0.2) is 84.6 Å². The highest BCUT2D eigenvalue weighted by atomic mass is 31.1. The zero-order chi connectivity index (χ0) is 16.9. The molecule has 0 amide bonds. The van der Waals surface area contributed by atoms with Crippen molar-refractivity contribution in [3.05, 3.63) is 84.6 Å². The van der Waals surface area contributed by atoms with E-state index in [0.717, 1.165) is 5.31 Å². The Balaban J connectivity index is 2.35. The summed E-state index contributed by atoms with van der Waals surface area (Å²) in [7, 11) is -1.28. The maximum absolute atomic E-state index is 12.1. The molecule has 0 saturated heterocycles. The quantitative estimate of drug-likeness (QED) is 0.479. The van der Waals surface area contributed by atoms with E-state index in [-0.39, 0.29) is 5.95 Å². The van der Waals surface area contributed by atoms with E-state index >= 15 is 0 Å². The third-order valence-corrected chi connectivity index (χ3v) is 5.75. The van der Waals surface area contributed by atoms with Crippen molar-refractivity contribution in [1.82, 2.24) is 0 Å². The molecule has 120 valence electrons. The number of hydrogen-bond donors (Lipinski definition) is 0. The van der Waals surface area contributed by atoms with Gasteiger partial charge < -0.3 is 9.84 Å². The maximum atomic E-state index is 12.1. The number of rotatable bonds is 5. The van der Waals surface area contributed by atoms with Gasteiger partial charge in [0.05, 0.1) is 19.2 Å². The summed E-state index contributed by atoms with van der Waals surface area (Å²) >= 11 is 0. The Labute approximate surface area is 139 Å². The zero-order valence-corrected chi connectivity index (χ0v) is 14.9. The SMILES string of the molecule is C=C(/C=C(\[O-])OC(C)(C)C)[PH+](c1ccccc1)c1ccccc1. The summed E-state index contributed by atoms with van der Waals surface area (Å²) in [5.74, 6) is -0.336. The van der Waals surface area contributed by atoms with Crippen molar-refractivity contribution in [3.8, 4) is 0 Å². The average Bonchev–Trinajstić information content (AvgIpc) is 2.47. The standard InChI is InChI=1S/C20H23O2P/c1-16(15-19(21)22-20(2,3)4)23(17-11-7-5-8-12-17)18-13-9-6-10-14-18/h5-15,21H,1H2,2-4H3/b19-15+. The molecule has 0 radical (unpaired) electrons. The van der Waals surface area contributed by atoms with Gasteiger partial charge in [-0.15, -0.1) is 0 Å². The van der Waals surface area contributed by atoms with Crippen molar-refractivity contribution in [2.75, 3.05) is 0 Å². The van der Waals surface area contributed by atoms with Crippen molar-refractivity contribution in [3.63, 3.8) is 0 Å². The molecular formula is C20H23O2P. The molecule has 0 saturated carbocycles. The molecule has 0 aliphatic carbocycles. The first kappa shape index (κ1) is 17.3. The second-order valence-corrected chi connectivity index (χ2v) is 8.86. The summed E-state index contributed by atoms with van der Waals surface area (Å²) < 4.78 is 5.39. The molecule has 0 heterocycles. The van der Waals surface area contributed by atoms with Gasteiger partial charge in [0.2, 0.25) is 0 Å². The fourth-order valence-electron chi connectivity index (χ4n) is 2.29. The van der Waals surface area contributed by atoms with E-state index in [1.165, 1.54) is 10.6 Å². The molecule has 0 aliphatic rings. The highest BCUT2D eigenvalue weighted by molar-refractivity contribution is 7.77. The molecule has 2 aromatic carbocycles. The van der Waals surface area contributed by atoms with Crippen molar-refractivity contribution >= 4 is 18.5 Å². The first-order valence-corrected chi connectivity index (χ1v) is 9.11. The lowest BCUT2D eigenvalue weighted by molar-refractivity contribution is -0.368. The Kier molecular flexibility index (Phi) is 5.63. The van der Waals surface area contributed by atoms with Crippen LogP contribution in [-0.4, -0.2) is 5.60 Å². The molecule has 0 aromatic heterocycles. The van der Waals surface area contributed by atoms with Gasteiger partial charge in [-0.3, -0.25) is 0 Å². The van der Waals surface area contributed by atoms with E-state index in [4.69, 9.17) is 4.74 Å². The van der Waals surface area contributed by atoms with E-state index in [2.05, 4.69) is 30.8 Å². The van der Waals surface area contributed by atoms with E-state index < -0.39 is 13.5 Å². The molecule has 2 aromatic rings. The minimum Gasteiger partial charge on any atom is -0.607 e. The van der Waals surface area contributed by atoms with Crippen LogP contribution in [0.4, 0.5) is 0 Å². The lowest BCUT2D eigenvalue weighted by atomic mass is 10.2. The van der Waals surface area contributed by atoms with Crippen LogP contribution in [0.1, 0.15) is 20.8 Å². The molecule has 3 heteroatoms. The molecule has 0 atom stereocenters. The van der Waals surface area contributed by atoms with Crippen LogP contribution in [0.2, 0.25) is 0 Å². The summed E-state index contributed by atoms with van der Waals surface area (Å²) in [6.07, 6.45) is 1.54. The largest absolute Gasteiger partial charge is 0.607 e. The van der Waals surface area contributed by atoms with Crippen LogP contribution in [0.3, 0.4) is 0 Å². The average molecular weight is 326 g/mol. The van der Waals surface area contributed by atoms with Gasteiger partial charge in [0.25, 0.3) is 0 Å². The monoisotopic (exact) mass is 326 g/mol. The fraction of sp³-hybridized carbons (Fsp3) is 0.200. The van der Waals surface area contributed by atoms with Crippen molar-refractivity contribution in [1.29, 1.82) is 0 Å². The van der Waals surface area contributed by atoms with Crippen LogP contribution in [-0.2, 0) is 4.74 Å². The molecule has 0 fully saturated rings. The highest BCUT2D eigenvalue weighted by Crippen LogP contribution is 2.42. The molecule has 2 nitrogen and oxygen atoms in total. The molecule has 0 N–H and O–H groups in total. The summed E-state index contributed by atoms with van der Waals surface area (Å²) in [5, 5.41) is 15.3. The van der Waals surface area contributed by atoms with Crippen LogP contribution in [0, 0.1) is 0 Å². The fourth-order valence-corrected chi connectivity index (χ4v) is 4.68. The topological polar surface area (TPSA) is 32.3 Å². The van der Waals surface area contributed by atoms with Crippen molar-refractivity contribution in [2.45, 2.75) is 26.4 Å². The third-order valence-electron chi connectivity index (χ3n) is 3.14. The lowest BCUT2D eigenvalue weighted by Crippen LogP contribution is -2.24. The van der Waals surface area contributed by atoms with Gasteiger partial charge in [0, 0.05) is 11.7 Å². The molecule has 0 aliphatic heterocycles.